The van der Waals surface area contributed by atoms with E-state index in [0.717, 1.165) is 5.56 Å². The van der Waals surface area contributed by atoms with Gasteiger partial charge in [-0.1, -0.05) is 0 Å². The van der Waals surface area contributed by atoms with Crippen molar-refractivity contribution in [1.82, 2.24) is 9.78 Å². The SMILES string of the molecule is Cn1cc(C(C)(C)N=C=O)cn1. The minimum atomic E-state index is -0.518. The lowest BCUT2D eigenvalue weighted by molar-refractivity contribution is 0.522. The fourth-order valence-electron chi connectivity index (χ4n) is 0.916. The molecule has 0 aliphatic rings. The van der Waals surface area contributed by atoms with Gasteiger partial charge in [0.25, 0.3) is 0 Å². The van der Waals surface area contributed by atoms with Gasteiger partial charge in [-0.25, -0.2) is 4.79 Å². The third kappa shape index (κ3) is 1.60. The van der Waals surface area contributed by atoms with Crippen LogP contribution in [0, 0.1) is 0 Å². The zero-order valence-corrected chi connectivity index (χ0v) is 7.40. The van der Waals surface area contributed by atoms with E-state index in [9.17, 15) is 4.79 Å². The topological polar surface area (TPSA) is 47.2 Å². The molecule has 0 atom stereocenters. The molecule has 0 N–H and O–H groups in total. The van der Waals surface area contributed by atoms with Crippen molar-refractivity contribution in [2.24, 2.45) is 12.0 Å². The highest BCUT2D eigenvalue weighted by atomic mass is 16.1. The van der Waals surface area contributed by atoms with Gasteiger partial charge >= 0.3 is 0 Å². The minimum absolute atomic E-state index is 0.518. The van der Waals surface area contributed by atoms with Crippen molar-refractivity contribution in [3.63, 3.8) is 0 Å². The van der Waals surface area contributed by atoms with Crippen molar-refractivity contribution in [1.29, 1.82) is 0 Å². The van der Waals surface area contributed by atoms with Gasteiger partial charge in [0.15, 0.2) is 0 Å². The fourth-order valence-corrected chi connectivity index (χ4v) is 0.916. The Balaban J connectivity index is 3.04. The molecule has 0 aromatic carbocycles. The summed E-state index contributed by atoms with van der Waals surface area (Å²) < 4.78 is 1.68. The highest BCUT2D eigenvalue weighted by Crippen LogP contribution is 2.22. The number of hydrogen-bond acceptors (Lipinski definition) is 3. The van der Waals surface area contributed by atoms with Crippen LogP contribution in [0.2, 0.25) is 0 Å². The normalized spacial score (nSPS) is 10.9. The second-order valence-electron chi connectivity index (χ2n) is 3.16. The number of aryl methyl sites for hydroxylation is 1. The van der Waals surface area contributed by atoms with Crippen molar-refractivity contribution in [2.45, 2.75) is 19.4 Å². The Morgan fingerprint density at radius 3 is 2.75 bits per heavy atom. The Morgan fingerprint density at radius 2 is 2.33 bits per heavy atom. The summed E-state index contributed by atoms with van der Waals surface area (Å²) in [5.74, 6) is 0. The largest absolute Gasteiger partial charge is 0.275 e. The van der Waals surface area contributed by atoms with Crippen LogP contribution >= 0.6 is 0 Å². The first-order valence-corrected chi connectivity index (χ1v) is 3.64. The maximum absolute atomic E-state index is 10.1. The summed E-state index contributed by atoms with van der Waals surface area (Å²) in [6.07, 6.45) is 5.08. The molecule has 0 saturated carbocycles. The third-order valence-electron chi connectivity index (χ3n) is 1.74. The molecule has 1 aromatic heterocycles. The Bertz CT molecular complexity index is 321. The monoisotopic (exact) mass is 165 g/mol. The number of aromatic nitrogens is 2. The van der Waals surface area contributed by atoms with Crippen molar-refractivity contribution in [2.75, 3.05) is 0 Å². The van der Waals surface area contributed by atoms with E-state index in [4.69, 9.17) is 0 Å². The molecule has 0 aliphatic carbocycles. The maximum Gasteiger partial charge on any atom is 0.235 e. The summed E-state index contributed by atoms with van der Waals surface area (Å²) in [5, 5.41) is 3.99. The van der Waals surface area contributed by atoms with Crippen molar-refractivity contribution < 1.29 is 4.79 Å². The lowest BCUT2D eigenvalue weighted by Gasteiger charge is -2.13. The molecule has 1 aromatic rings. The molecule has 0 unspecified atom stereocenters. The second kappa shape index (κ2) is 2.91. The summed E-state index contributed by atoms with van der Waals surface area (Å²) in [5.41, 5.74) is 0.393. The first kappa shape index (κ1) is 8.68. The average molecular weight is 165 g/mol. The minimum Gasteiger partial charge on any atom is -0.275 e. The molecule has 0 saturated heterocycles. The van der Waals surface area contributed by atoms with E-state index >= 15 is 0 Å². The molecular weight excluding hydrogens is 154 g/mol. The third-order valence-corrected chi connectivity index (χ3v) is 1.74. The van der Waals surface area contributed by atoms with Gasteiger partial charge in [0.1, 0.15) is 0 Å². The standard InChI is InChI=1S/C8H11N3O/c1-8(2,9-6-12)7-4-10-11(3)5-7/h4-5H,1-3H3. The van der Waals surface area contributed by atoms with Crippen molar-refractivity contribution in [3.8, 4) is 0 Å². The van der Waals surface area contributed by atoms with Crippen molar-refractivity contribution >= 4 is 6.08 Å². The van der Waals surface area contributed by atoms with E-state index in [-0.39, 0.29) is 0 Å². The Kier molecular flexibility index (Phi) is 2.11. The summed E-state index contributed by atoms with van der Waals surface area (Å²) >= 11 is 0. The van der Waals surface area contributed by atoms with Crippen LogP contribution in [0.15, 0.2) is 17.4 Å². The maximum atomic E-state index is 10.1. The van der Waals surface area contributed by atoms with Crippen LogP contribution < -0.4 is 0 Å². The zero-order valence-electron chi connectivity index (χ0n) is 7.40. The predicted molar refractivity (Wildman–Crippen MR) is 44.4 cm³/mol. The van der Waals surface area contributed by atoms with E-state index in [2.05, 4.69) is 10.1 Å². The quantitative estimate of drug-likeness (QED) is 0.484. The first-order valence-electron chi connectivity index (χ1n) is 3.64. The van der Waals surface area contributed by atoms with Crippen LogP contribution in [0.1, 0.15) is 19.4 Å². The number of nitrogens with zero attached hydrogens (tertiary/aromatic N) is 3. The molecule has 1 rings (SSSR count). The molecule has 0 amide bonds. The first-order chi connectivity index (χ1) is 5.56. The van der Waals surface area contributed by atoms with Crippen LogP contribution in [0.25, 0.3) is 0 Å². The molecule has 64 valence electrons. The van der Waals surface area contributed by atoms with Gasteiger partial charge in [0.05, 0.1) is 11.7 Å². The molecule has 4 nitrogen and oxygen atoms in total. The predicted octanol–water partition coefficient (Wildman–Crippen LogP) is 0.991. The highest BCUT2D eigenvalue weighted by Gasteiger charge is 2.20. The van der Waals surface area contributed by atoms with E-state index in [0.29, 0.717) is 0 Å². The highest BCUT2D eigenvalue weighted by molar-refractivity contribution is 5.36. The Hall–Kier alpha value is -1.41. The van der Waals surface area contributed by atoms with Gasteiger partial charge in [0.2, 0.25) is 6.08 Å². The van der Waals surface area contributed by atoms with Crippen molar-refractivity contribution in [3.05, 3.63) is 18.0 Å². The Morgan fingerprint density at radius 1 is 1.67 bits per heavy atom. The Labute approximate surface area is 70.9 Å². The smallest absolute Gasteiger partial charge is 0.235 e. The lowest BCUT2D eigenvalue weighted by atomic mass is 9.99. The lowest BCUT2D eigenvalue weighted by Crippen LogP contribution is -2.12. The van der Waals surface area contributed by atoms with Gasteiger partial charge in [-0.15, -0.1) is 0 Å². The molecular formula is C8H11N3O. The van der Waals surface area contributed by atoms with E-state index in [1.54, 1.807) is 17.0 Å². The summed E-state index contributed by atoms with van der Waals surface area (Å²) in [6, 6.07) is 0. The molecule has 0 spiro atoms. The van der Waals surface area contributed by atoms with Crippen LogP contribution in [-0.4, -0.2) is 15.9 Å². The summed E-state index contributed by atoms with van der Waals surface area (Å²) in [6.45, 7) is 3.68. The number of isocyanates is 1. The van der Waals surface area contributed by atoms with Crippen LogP contribution in [0.3, 0.4) is 0 Å². The van der Waals surface area contributed by atoms with Gasteiger partial charge < -0.3 is 0 Å². The van der Waals surface area contributed by atoms with Crippen LogP contribution in [0.4, 0.5) is 0 Å². The van der Waals surface area contributed by atoms with Gasteiger partial charge in [-0.05, 0) is 13.8 Å². The molecule has 0 fully saturated rings. The number of carbonyl (C=O) groups excluding carboxylic acids is 1. The van der Waals surface area contributed by atoms with Gasteiger partial charge in [-0.3, -0.25) is 4.68 Å². The summed E-state index contributed by atoms with van der Waals surface area (Å²) in [4.78, 5) is 13.8. The zero-order chi connectivity index (χ0) is 9.19. The van der Waals surface area contributed by atoms with Crippen LogP contribution in [-0.2, 0) is 17.4 Å². The number of hydrogen-bond donors (Lipinski definition) is 0. The molecule has 12 heavy (non-hydrogen) atoms. The molecule has 0 aliphatic heterocycles. The molecule has 1 heterocycles. The second-order valence-corrected chi connectivity index (χ2v) is 3.16. The van der Waals surface area contributed by atoms with Gasteiger partial charge in [0, 0.05) is 18.8 Å². The van der Waals surface area contributed by atoms with E-state index in [1.807, 2.05) is 27.1 Å². The van der Waals surface area contributed by atoms with Gasteiger partial charge in [-0.2, -0.15) is 10.1 Å². The number of rotatable bonds is 2. The molecule has 4 heteroatoms. The van der Waals surface area contributed by atoms with E-state index in [1.165, 1.54) is 0 Å². The fraction of sp³-hybridized carbons (Fsp3) is 0.500. The molecule has 0 radical (unpaired) electrons. The van der Waals surface area contributed by atoms with Crippen LogP contribution in [0.5, 0.6) is 0 Å². The van der Waals surface area contributed by atoms with E-state index < -0.39 is 5.54 Å². The average Bonchev–Trinajstić information content (AvgIpc) is 2.36. The molecule has 0 bridgehead atoms. The summed E-state index contributed by atoms with van der Waals surface area (Å²) in [7, 11) is 1.82. The number of aliphatic imine (C=N–C) groups is 1.